The second-order valence-electron chi connectivity index (χ2n) is 4.79. The summed E-state index contributed by atoms with van der Waals surface area (Å²) in [5.41, 5.74) is 5.08. The van der Waals surface area contributed by atoms with Crippen molar-refractivity contribution in [1.29, 1.82) is 0 Å². The van der Waals surface area contributed by atoms with E-state index in [0.717, 1.165) is 12.3 Å². The van der Waals surface area contributed by atoms with E-state index in [1.807, 2.05) is 0 Å². The van der Waals surface area contributed by atoms with Gasteiger partial charge in [-0.3, -0.25) is 0 Å². The zero-order valence-corrected chi connectivity index (χ0v) is 10.7. The molecular formula is C11H15F2NO2S. The number of halogens is 2. The van der Waals surface area contributed by atoms with Gasteiger partial charge in [0, 0.05) is 11.8 Å². The number of nitrogens with two attached hydrogens (primary N) is 1. The lowest BCUT2D eigenvalue weighted by Gasteiger charge is -2.19. The molecule has 0 unspecified atom stereocenters. The van der Waals surface area contributed by atoms with Gasteiger partial charge in [0.05, 0.1) is 0 Å². The summed E-state index contributed by atoms with van der Waals surface area (Å²) in [6, 6.07) is 2.32. The van der Waals surface area contributed by atoms with Gasteiger partial charge in [0.2, 0.25) is 0 Å². The largest absolute Gasteiger partial charge is 0.325 e. The first kappa shape index (κ1) is 14.1. The normalized spacial score (nSPS) is 12.8. The minimum atomic E-state index is -3.76. The third kappa shape index (κ3) is 3.47. The fourth-order valence-corrected chi connectivity index (χ4v) is 2.22. The summed E-state index contributed by atoms with van der Waals surface area (Å²) in [5.74, 6) is -2.49. The predicted molar refractivity (Wildman–Crippen MR) is 61.4 cm³/mol. The average molecular weight is 263 g/mol. The average Bonchev–Trinajstić information content (AvgIpc) is 2.08. The Kier molecular flexibility index (Phi) is 3.59. The Bertz CT molecular complexity index is 533. The molecule has 0 spiro atoms. The zero-order valence-electron chi connectivity index (χ0n) is 9.92. The molecule has 1 aromatic carbocycles. The Balaban J connectivity index is 3.30. The fraction of sp³-hybridized carbons (Fsp3) is 0.455. The van der Waals surface area contributed by atoms with Crippen LogP contribution in [0.3, 0.4) is 0 Å². The highest BCUT2D eigenvalue weighted by atomic mass is 32.2. The monoisotopic (exact) mass is 263 g/mol. The number of rotatable bonds is 3. The first-order chi connectivity index (χ1) is 7.52. The second kappa shape index (κ2) is 4.34. The topological polar surface area (TPSA) is 60.2 Å². The highest BCUT2D eigenvalue weighted by Crippen LogP contribution is 2.22. The van der Waals surface area contributed by atoms with E-state index in [4.69, 9.17) is 5.73 Å². The number of hydrogen-bond acceptors (Lipinski definition) is 3. The van der Waals surface area contributed by atoms with Crippen LogP contribution in [0.15, 0.2) is 17.0 Å². The van der Waals surface area contributed by atoms with Gasteiger partial charge < -0.3 is 5.73 Å². The van der Waals surface area contributed by atoms with Crippen LogP contribution in [0.4, 0.5) is 8.78 Å². The van der Waals surface area contributed by atoms with Crippen molar-refractivity contribution in [3.05, 3.63) is 29.3 Å². The van der Waals surface area contributed by atoms with Crippen molar-refractivity contribution in [3.63, 3.8) is 0 Å². The maximum Gasteiger partial charge on any atom is 0.178 e. The molecule has 0 aliphatic rings. The SMILES string of the molecule is CC(C)(N)Cc1ccc(S(C)(=O)=O)c(F)c1F. The summed E-state index contributed by atoms with van der Waals surface area (Å²) < 4.78 is 49.5. The molecule has 0 saturated carbocycles. The van der Waals surface area contributed by atoms with Gasteiger partial charge >= 0.3 is 0 Å². The van der Waals surface area contributed by atoms with Gasteiger partial charge in [-0.1, -0.05) is 6.07 Å². The van der Waals surface area contributed by atoms with E-state index in [1.165, 1.54) is 6.07 Å². The quantitative estimate of drug-likeness (QED) is 0.902. The van der Waals surface area contributed by atoms with Crippen LogP contribution in [0.25, 0.3) is 0 Å². The van der Waals surface area contributed by atoms with Crippen LogP contribution in [-0.2, 0) is 16.3 Å². The molecule has 1 aromatic rings. The van der Waals surface area contributed by atoms with Gasteiger partial charge in [-0.25, -0.2) is 17.2 Å². The Hall–Kier alpha value is -1.01. The smallest absolute Gasteiger partial charge is 0.178 e. The molecule has 3 nitrogen and oxygen atoms in total. The van der Waals surface area contributed by atoms with Gasteiger partial charge in [-0.05, 0) is 31.9 Å². The van der Waals surface area contributed by atoms with Crippen LogP contribution in [0, 0.1) is 11.6 Å². The van der Waals surface area contributed by atoms with E-state index in [0.29, 0.717) is 0 Å². The summed E-state index contributed by atoms with van der Waals surface area (Å²) in [6.07, 6.45) is 0.956. The van der Waals surface area contributed by atoms with Crippen molar-refractivity contribution in [2.45, 2.75) is 30.7 Å². The molecular weight excluding hydrogens is 248 g/mol. The van der Waals surface area contributed by atoms with Gasteiger partial charge in [0.1, 0.15) is 4.90 Å². The summed E-state index contributed by atoms with van der Waals surface area (Å²) in [7, 11) is -3.76. The molecule has 17 heavy (non-hydrogen) atoms. The number of sulfone groups is 1. The predicted octanol–water partition coefficient (Wildman–Crippen LogP) is 1.65. The fourth-order valence-electron chi connectivity index (χ4n) is 1.49. The van der Waals surface area contributed by atoms with Crippen molar-refractivity contribution < 1.29 is 17.2 Å². The van der Waals surface area contributed by atoms with Crippen LogP contribution < -0.4 is 5.73 Å². The Labute approximate surface area is 99.6 Å². The molecule has 1 rings (SSSR count). The van der Waals surface area contributed by atoms with Gasteiger partial charge in [0.25, 0.3) is 0 Å². The Morgan fingerprint density at radius 3 is 2.18 bits per heavy atom. The van der Waals surface area contributed by atoms with E-state index >= 15 is 0 Å². The first-order valence-electron chi connectivity index (χ1n) is 4.98. The lowest BCUT2D eigenvalue weighted by atomic mass is 9.96. The van der Waals surface area contributed by atoms with Gasteiger partial charge in [-0.15, -0.1) is 0 Å². The molecule has 0 amide bonds. The third-order valence-corrected chi connectivity index (χ3v) is 3.29. The highest BCUT2D eigenvalue weighted by Gasteiger charge is 2.22. The molecule has 0 aliphatic heterocycles. The van der Waals surface area contributed by atoms with Crippen molar-refractivity contribution in [2.24, 2.45) is 5.73 Å². The molecule has 6 heteroatoms. The summed E-state index contributed by atoms with van der Waals surface area (Å²) in [6.45, 7) is 3.35. The van der Waals surface area contributed by atoms with Gasteiger partial charge in [-0.2, -0.15) is 0 Å². The molecule has 96 valence electrons. The van der Waals surface area contributed by atoms with Crippen LogP contribution in [0.5, 0.6) is 0 Å². The van der Waals surface area contributed by atoms with Crippen molar-refractivity contribution in [2.75, 3.05) is 6.26 Å². The zero-order chi connectivity index (χ0) is 13.4. The van der Waals surface area contributed by atoms with E-state index in [1.54, 1.807) is 13.8 Å². The minimum absolute atomic E-state index is 0.0717. The molecule has 0 saturated heterocycles. The molecule has 0 fully saturated rings. The summed E-state index contributed by atoms with van der Waals surface area (Å²) in [4.78, 5) is -0.631. The van der Waals surface area contributed by atoms with Crippen molar-refractivity contribution in [3.8, 4) is 0 Å². The molecule has 0 heterocycles. The van der Waals surface area contributed by atoms with Crippen molar-refractivity contribution in [1.82, 2.24) is 0 Å². The first-order valence-corrected chi connectivity index (χ1v) is 6.87. The molecule has 2 N–H and O–H groups in total. The minimum Gasteiger partial charge on any atom is -0.325 e. The van der Waals surface area contributed by atoms with Crippen LogP contribution in [-0.4, -0.2) is 20.2 Å². The molecule has 0 atom stereocenters. The van der Waals surface area contributed by atoms with E-state index in [2.05, 4.69) is 0 Å². The van der Waals surface area contributed by atoms with Crippen LogP contribution in [0.1, 0.15) is 19.4 Å². The molecule has 0 bridgehead atoms. The standard InChI is InChI=1S/C11H15F2NO2S/c1-11(2,14)6-7-4-5-8(17(3,15)16)10(13)9(7)12/h4-5H,6,14H2,1-3H3. The van der Waals surface area contributed by atoms with E-state index in [9.17, 15) is 17.2 Å². The number of hydrogen-bond donors (Lipinski definition) is 1. The van der Waals surface area contributed by atoms with Crippen LogP contribution >= 0.6 is 0 Å². The number of benzene rings is 1. The molecule has 0 aromatic heterocycles. The third-order valence-electron chi connectivity index (χ3n) is 2.17. The molecule has 0 aliphatic carbocycles. The molecule has 0 radical (unpaired) electrons. The van der Waals surface area contributed by atoms with Crippen LogP contribution in [0.2, 0.25) is 0 Å². The highest BCUT2D eigenvalue weighted by molar-refractivity contribution is 7.90. The maximum absolute atomic E-state index is 13.6. The van der Waals surface area contributed by atoms with E-state index in [-0.39, 0.29) is 12.0 Å². The second-order valence-corrected chi connectivity index (χ2v) is 6.77. The summed E-state index contributed by atoms with van der Waals surface area (Å²) in [5, 5.41) is 0. The summed E-state index contributed by atoms with van der Waals surface area (Å²) >= 11 is 0. The lowest BCUT2D eigenvalue weighted by molar-refractivity contribution is 0.454. The maximum atomic E-state index is 13.6. The van der Waals surface area contributed by atoms with Gasteiger partial charge in [0.15, 0.2) is 21.5 Å². The van der Waals surface area contributed by atoms with E-state index < -0.39 is 31.9 Å². The van der Waals surface area contributed by atoms with Crippen molar-refractivity contribution >= 4 is 9.84 Å². The Morgan fingerprint density at radius 2 is 1.76 bits per heavy atom. The Morgan fingerprint density at radius 1 is 1.24 bits per heavy atom. The lowest BCUT2D eigenvalue weighted by Crippen LogP contribution is -2.34.